The topological polar surface area (TPSA) is 38.3 Å². The van der Waals surface area contributed by atoms with Crippen molar-refractivity contribution in [2.24, 2.45) is 0 Å². The van der Waals surface area contributed by atoms with Crippen molar-refractivity contribution in [2.45, 2.75) is 0 Å². The van der Waals surface area contributed by atoms with Gasteiger partial charge in [0.15, 0.2) is 0 Å². The minimum Gasteiger partial charge on any atom is -0.457 e. The summed E-state index contributed by atoms with van der Waals surface area (Å²) in [4.78, 5) is 11.1. The average molecular weight is 336 g/mol. The van der Waals surface area contributed by atoms with Gasteiger partial charge in [0.25, 0.3) is 0 Å². The van der Waals surface area contributed by atoms with Crippen LogP contribution in [0.4, 0.5) is 10.1 Å². The molecule has 102 valence electrons. The molecule has 0 aromatic heterocycles. The van der Waals surface area contributed by atoms with E-state index in [-0.39, 0.29) is 11.7 Å². The lowest BCUT2D eigenvalue weighted by atomic mass is 10.3. The van der Waals surface area contributed by atoms with E-state index in [1.807, 2.05) is 0 Å². The van der Waals surface area contributed by atoms with Gasteiger partial charge in [0.1, 0.15) is 17.3 Å². The maximum atomic E-state index is 13.1. The monoisotopic (exact) mass is 335 g/mol. The second-order valence-electron chi connectivity index (χ2n) is 3.90. The number of carbonyl (C=O) groups is 1. The fraction of sp³-hybridized carbons (Fsp3) is 0. The standard InChI is InChI=1S/C15H11BrFNO2/c1-2-15(19)18-10-3-5-11(6-4-10)20-12-7-8-14(17)13(16)9-12/h2-9H,1H2,(H,18,19). The highest BCUT2D eigenvalue weighted by Crippen LogP contribution is 2.27. The Labute approximate surface area is 124 Å². The molecule has 0 saturated heterocycles. The Hall–Kier alpha value is -2.14. The number of halogens is 2. The number of benzene rings is 2. The minimum atomic E-state index is -0.347. The second-order valence-corrected chi connectivity index (χ2v) is 4.75. The van der Waals surface area contributed by atoms with Gasteiger partial charge in [-0.25, -0.2) is 4.39 Å². The van der Waals surface area contributed by atoms with Crippen molar-refractivity contribution in [3.8, 4) is 11.5 Å². The van der Waals surface area contributed by atoms with E-state index < -0.39 is 0 Å². The molecule has 0 aliphatic rings. The molecule has 0 aliphatic carbocycles. The highest BCUT2D eigenvalue weighted by atomic mass is 79.9. The summed E-state index contributed by atoms with van der Waals surface area (Å²) in [6.45, 7) is 3.37. The van der Waals surface area contributed by atoms with Gasteiger partial charge in [0.05, 0.1) is 4.47 Å². The normalized spacial score (nSPS) is 9.90. The summed E-state index contributed by atoms with van der Waals surface area (Å²) in [5.74, 6) is 0.474. The Kier molecular flexibility index (Phi) is 4.53. The van der Waals surface area contributed by atoms with Crippen molar-refractivity contribution in [1.82, 2.24) is 0 Å². The van der Waals surface area contributed by atoms with E-state index in [1.54, 1.807) is 30.3 Å². The van der Waals surface area contributed by atoms with E-state index >= 15 is 0 Å². The summed E-state index contributed by atoms with van der Waals surface area (Å²) in [6.07, 6.45) is 1.19. The number of amides is 1. The zero-order chi connectivity index (χ0) is 14.5. The van der Waals surface area contributed by atoms with Crippen LogP contribution in [0.25, 0.3) is 0 Å². The van der Waals surface area contributed by atoms with Crippen LogP contribution in [0.1, 0.15) is 0 Å². The summed E-state index contributed by atoms with van der Waals surface area (Å²) >= 11 is 3.09. The smallest absolute Gasteiger partial charge is 0.247 e. The molecule has 0 fully saturated rings. The molecule has 0 spiro atoms. The zero-order valence-corrected chi connectivity index (χ0v) is 12.0. The van der Waals surface area contributed by atoms with Gasteiger partial charge in [-0.05, 0) is 64.5 Å². The highest BCUT2D eigenvalue weighted by Gasteiger charge is 2.03. The quantitative estimate of drug-likeness (QED) is 0.835. The number of carbonyl (C=O) groups excluding carboxylic acids is 1. The largest absolute Gasteiger partial charge is 0.457 e. The first-order chi connectivity index (χ1) is 9.58. The molecular weight excluding hydrogens is 325 g/mol. The van der Waals surface area contributed by atoms with Gasteiger partial charge in [-0.2, -0.15) is 0 Å². The van der Waals surface area contributed by atoms with Gasteiger partial charge in [-0.3, -0.25) is 4.79 Å². The van der Waals surface area contributed by atoms with Gasteiger partial charge in [0.2, 0.25) is 5.91 Å². The van der Waals surface area contributed by atoms with Crippen molar-refractivity contribution in [3.63, 3.8) is 0 Å². The van der Waals surface area contributed by atoms with Crippen LogP contribution in [0.3, 0.4) is 0 Å². The van der Waals surface area contributed by atoms with Crippen LogP contribution in [-0.4, -0.2) is 5.91 Å². The number of nitrogens with one attached hydrogen (secondary N) is 1. The predicted octanol–water partition coefficient (Wildman–Crippen LogP) is 4.51. The van der Waals surface area contributed by atoms with Crippen LogP contribution in [-0.2, 0) is 4.79 Å². The van der Waals surface area contributed by atoms with Crippen molar-refractivity contribution >= 4 is 27.5 Å². The number of hydrogen-bond acceptors (Lipinski definition) is 2. The minimum absolute atomic E-state index is 0.277. The lowest BCUT2D eigenvalue weighted by molar-refractivity contribution is -0.111. The van der Waals surface area contributed by atoms with E-state index in [0.717, 1.165) is 0 Å². The van der Waals surface area contributed by atoms with E-state index in [1.165, 1.54) is 18.2 Å². The third-order valence-corrected chi connectivity index (χ3v) is 3.04. The number of rotatable bonds is 4. The molecule has 20 heavy (non-hydrogen) atoms. The predicted molar refractivity (Wildman–Crippen MR) is 79.4 cm³/mol. The molecule has 1 amide bonds. The first-order valence-electron chi connectivity index (χ1n) is 5.75. The Morgan fingerprint density at radius 3 is 2.45 bits per heavy atom. The molecule has 2 aromatic carbocycles. The molecule has 1 N–H and O–H groups in total. The van der Waals surface area contributed by atoms with E-state index in [0.29, 0.717) is 21.7 Å². The second kappa shape index (κ2) is 6.34. The van der Waals surface area contributed by atoms with Crippen LogP contribution in [0, 0.1) is 5.82 Å². The Balaban J connectivity index is 2.08. The molecule has 0 saturated carbocycles. The molecule has 0 atom stereocenters. The molecular formula is C15H11BrFNO2. The molecule has 2 rings (SSSR count). The van der Waals surface area contributed by atoms with Crippen LogP contribution in [0.2, 0.25) is 0 Å². The van der Waals surface area contributed by atoms with Gasteiger partial charge < -0.3 is 10.1 Å². The van der Waals surface area contributed by atoms with Gasteiger partial charge in [-0.1, -0.05) is 6.58 Å². The first kappa shape index (κ1) is 14.3. The highest BCUT2D eigenvalue weighted by molar-refractivity contribution is 9.10. The van der Waals surface area contributed by atoms with Crippen LogP contribution < -0.4 is 10.1 Å². The van der Waals surface area contributed by atoms with Crippen LogP contribution in [0.5, 0.6) is 11.5 Å². The van der Waals surface area contributed by atoms with Gasteiger partial charge in [0, 0.05) is 5.69 Å². The molecule has 3 nitrogen and oxygen atoms in total. The van der Waals surface area contributed by atoms with Crippen molar-refractivity contribution < 1.29 is 13.9 Å². The molecule has 0 aliphatic heterocycles. The maximum absolute atomic E-state index is 13.1. The fourth-order valence-electron chi connectivity index (χ4n) is 1.48. The average Bonchev–Trinajstić information content (AvgIpc) is 2.45. The first-order valence-corrected chi connectivity index (χ1v) is 6.54. The van der Waals surface area contributed by atoms with E-state index in [4.69, 9.17) is 4.74 Å². The third kappa shape index (κ3) is 3.68. The number of hydrogen-bond donors (Lipinski definition) is 1. The van der Waals surface area contributed by atoms with Gasteiger partial charge >= 0.3 is 0 Å². The molecule has 2 aromatic rings. The third-order valence-electron chi connectivity index (χ3n) is 2.43. The fourth-order valence-corrected chi connectivity index (χ4v) is 1.83. The Morgan fingerprint density at radius 1 is 1.20 bits per heavy atom. The summed E-state index contributed by atoms with van der Waals surface area (Å²) in [6, 6.07) is 11.2. The number of ether oxygens (including phenoxy) is 1. The van der Waals surface area contributed by atoms with E-state index in [9.17, 15) is 9.18 Å². The molecule has 5 heteroatoms. The maximum Gasteiger partial charge on any atom is 0.247 e. The van der Waals surface area contributed by atoms with Crippen LogP contribution in [0.15, 0.2) is 59.6 Å². The summed E-state index contributed by atoms with van der Waals surface area (Å²) in [7, 11) is 0. The number of anilines is 1. The van der Waals surface area contributed by atoms with Crippen molar-refractivity contribution in [3.05, 3.63) is 65.4 Å². The summed E-state index contributed by atoms with van der Waals surface area (Å²) in [5, 5.41) is 2.63. The Bertz CT molecular complexity index is 641. The molecule has 0 bridgehead atoms. The van der Waals surface area contributed by atoms with E-state index in [2.05, 4.69) is 27.8 Å². The van der Waals surface area contributed by atoms with Crippen molar-refractivity contribution in [1.29, 1.82) is 0 Å². The summed E-state index contributed by atoms with van der Waals surface area (Å²) in [5.41, 5.74) is 0.641. The zero-order valence-electron chi connectivity index (χ0n) is 10.4. The lowest BCUT2D eigenvalue weighted by Gasteiger charge is -2.08. The molecule has 0 unspecified atom stereocenters. The molecule has 0 radical (unpaired) electrons. The SMILES string of the molecule is C=CC(=O)Nc1ccc(Oc2ccc(F)c(Br)c2)cc1. The Morgan fingerprint density at radius 2 is 1.85 bits per heavy atom. The van der Waals surface area contributed by atoms with Gasteiger partial charge in [-0.15, -0.1) is 0 Å². The summed E-state index contributed by atoms with van der Waals surface area (Å²) < 4.78 is 19.0. The molecule has 0 heterocycles. The van der Waals surface area contributed by atoms with Crippen LogP contribution >= 0.6 is 15.9 Å². The van der Waals surface area contributed by atoms with Crippen molar-refractivity contribution in [2.75, 3.05) is 5.32 Å². The lowest BCUT2D eigenvalue weighted by Crippen LogP contribution is -2.06.